The largest absolute Gasteiger partial charge is 0.483 e. The van der Waals surface area contributed by atoms with E-state index in [1.807, 2.05) is 93.6 Å². The Morgan fingerprint density at radius 1 is 0.892 bits per heavy atom. The van der Waals surface area contributed by atoms with Crippen LogP contribution in [0, 0.1) is 6.92 Å². The van der Waals surface area contributed by atoms with Gasteiger partial charge < -0.3 is 15.0 Å². The van der Waals surface area contributed by atoms with E-state index in [-0.39, 0.29) is 30.4 Å². The molecule has 0 heterocycles. The van der Waals surface area contributed by atoms with E-state index in [1.54, 1.807) is 4.90 Å². The number of nitrogens with one attached hydrogen (secondary N) is 1. The minimum atomic E-state index is -0.673. The molecule has 5 nitrogen and oxygen atoms in total. The lowest BCUT2D eigenvalue weighted by molar-refractivity contribution is -0.143. The highest BCUT2D eigenvalue weighted by molar-refractivity contribution is 5.88. The molecule has 37 heavy (non-hydrogen) atoms. The Balaban J connectivity index is 1.94. The molecular weight excluding hydrogens is 460 g/mol. The van der Waals surface area contributed by atoms with Crippen LogP contribution >= 0.6 is 0 Å². The van der Waals surface area contributed by atoms with Crippen molar-refractivity contribution in [3.63, 3.8) is 0 Å². The van der Waals surface area contributed by atoms with Crippen LogP contribution in [0.2, 0.25) is 0 Å². The second kappa shape index (κ2) is 13.6. The topological polar surface area (TPSA) is 58.6 Å². The number of hydrogen-bond donors (Lipinski definition) is 1. The Kier molecular flexibility index (Phi) is 10.3. The molecule has 2 amide bonds. The van der Waals surface area contributed by atoms with Crippen molar-refractivity contribution in [2.45, 2.75) is 72.0 Å². The molecule has 3 aromatic rings. The van der Waals surface area contributed by atoms with E-state index in [0.29, 0.717) is 18.7 Å². The molecule has 0 unspecified atom stereocenters. The van der Waals surface area contributed by atoms with Crippen molar-refractivity contribution in [3.05, 3.63) is 101 Å². The Morgan fingerprint density at radius 2 is 1.57 bits per heavy atom. The second-order valence-electron chi connectivity index (χ2n) is 10.0. The molecule has 0 aliphatic carbocycles. The number of hydrogen-bond acceptors (Lipinski definition) is 3. The van der Waals surface area contributed by atoms with E-state index >= 15 is 0 Å². The monoisotopic (exact) mass is 500 g/mol. The molecule has 0 aliphatic heterocycles. The first-order valence-corrected chi connectivity index (χ1v) is 13.2. The highest BCUT2D eigenvalue weighted by Gasteiger charge is 2.31. The average molecular weight is 501 g/mol. The maximum Gasteiger partial charge on any atom is 0.261 e. The quantitative estimate of drug-likeness (QED) is 0.329. The number of aryl methyl sites for hydroxylation is 1. The zero-order valence-corrected chi connectivity index (χ0v) is 22.7. The van der Waals surface area contributed by atoms with Crippen LogP contribution in [0.15, 0.2) is 78.9 Å². The average Bonchev–Trinajstić information content (AvgIpc) is 2.89. The number of para-hydroxylation sites is 1. The van der Waals surface area contributed by atoms with Crippen LogP contribution in [0.25, 0.3) is 0 Å². The molecule has 2 atom stereocenters. The minimum absolute atomic E-state index is 0.0101. The lowest BCUT2D eigenvalue weighted by Crippen LogP contribution is -2.53. The van der Waals surface area contributed by atoms with Crippen LogP contribution < -0.4 is 10.1 Å². The van der Waals surface area contributed by atoms with Gasteiger partial charge in [0.15, 0.2) is 6.61 Å². The van der Waals surface area contributed by atoms with Crippen molar-refractivity contribution in [1.29, 1.82) is 0 Å². The maximum absolute atomic E-state index is 13.8. The predicted octanol–water partition coefficient (Wildman–Crippen LogP) is 6.05. The molecular formula is C32H40N2O3. The molecule has 196 valence electrons. The van der Waals surface area contributed by atoms with Gasteiger partial charge in [0.25, 0.3) is 5.91 Å². The van der Waals surface area contributed by atoms with Gasteiger partial charge in [0.05, 0.1) is 0 Å². The van der Waals surface area contributed by atoms with Crippen molar-refractivity contribution in [2.24, 2.45) is 0 Å². The number of carbonyl (C=O) groups excluding carboxylic acids is 2. The fourth-order valence-electron chi connectivity index (χ4n) is 4.31. The smallest absolute Gasteiger partial charge is 0.261 e. The van der Waals surface area contributed by atoms with Crippen LogP contribution in [0.4, 0.5) is 0 Å². The third-order valence-electron chi connectivity index (χ3n) is 6.60. The Hall–Kier alpha value is -3.60. The lowest BCUT2D eigenvalue weighted by Gasteiger charge is -2.32. The SMILES string of the molecule is CC[C@@H](C)NC(=O)[C@@H](Cc1ccccc1)N(Cc1cccc(C)c1)C(=O)COc1ccccc1C(C)C. The van der Waals surface area contributed by atoms with E-state index in [2.05, 4.69) is 25.2 Å². The van der Waals surface area contributed by atoms with Crippen LogP contribution in [0.1, 0.15) is 62.3 Å². The molecule has 3 aromatic carbocycles. The first-order chi connectivity index (χ1) is 17.8. The van der Waals surface area contributed by atoms with Crippen LogP contribution in [-0.4, -0.2) is 35.4 Å². The van der Waals surface area contributed by atoms with Crippen molar-refractivity contribution in [2.75, 3.05) is 6.61 Å². The normalized spacial score (nSPS) is 12.6. The fourth-order valence-corrected chi connectivity index (χ4v) is 4.31. The molecule has 0 aliphatic rings. The summed E-state index contributed by atoms with van der Waals surface area (Å²) in [5.41, 5.74) is 4.14. The predicted molar refractivity (Wildman–Crippen MR) is 150 cm³/mol. The van der Waals surface area contributed by atoms with E-state index in [4.69, 9.17) is 4.74 Å². The third kappa shape index (κ3) is 8.21. The summed E-state index contributed by atoms with van der Waals surface area (Å²) in [7, 11) is 0. The molecule has 5 heteroatoms. The number of benzene rings is 3. The van der Waals surface area contributed by atoms with Crippen molar-refractivity contribution in [3.8, 4) is 5.75 Å². The summed E-state index contributed by atoms with van der Waals surface area (Å²) in [4.78, 5) is 29.1. The van der Waals surface area contributed by atoms with Crippen molar-refractivity contribution in [1.82, 2.24) is 10.2 Å². The molecule has 0 saturated heterocycles. The summed E-state index contributed by atoms with van der Waals surface area (Å²) >= 11 is 0. The summed E-state index contributed by atoms with van der Waals surface area (Å²) in [5, 5.41) is 3.11. The second-order valence-corrected chi connectivity index (χ2v) is 10.0. The molecule has 0 fully saturated rings. The molecule has 0 radical (unpaired) electrons. The Bertz CT molecular complexity index is 1160. The van der Waals surface area contributed by atoms with Crippen molar-refractivity contribution < 1.29 is 14.3 Å². The lowest BCUT2D eigenvalue weighted by atomic mass is 10.0. The van der Waals surface area contributed by atoms with Crippen LogP contribution in [-0.2, 0) is 22.6 Å². The molecule has 0 bridgehead atoms. The standard InChI is InChI=1S/C32H40N2O3/c1-6-25(5)33-32(36)29(20-26-14-8-7-9-15-26)34(21-27-16-12-13-24(4)19-27)31(35)22-37-30-18-11-10-17-28(30)23(2)3/h7-19,23,25,29H,6,20-22H2,1-5H3,(H,33,36)/t25-,29-/m1/s1. The van der Waals surface area contributed by atoms with Gasteiger partial charge >= 0.3 is 0 Å². The molecule has 0 saturated carbocycles. The molecule has 0 aromatic heterocycles. The number of carbonyl (C=O) groups is 2. The van der Waals surface area contributed by atoms with Gasteiger partial charge in [-0.15, -0.1) is 0 Å². The maximum atomic E-state index is 13.8. The van der Waals surface area contributed by atoms with Crippen LogP contribution in [0.5, 0.6) is 5.75 Å². The van der Waals surface area contributed by atoms with Gasteiger partial charge in [-0.2, -0.15) is 0 Å². The number of rotatable bonds is 12. The van der Waals surface area contributed by atoms with E-state index < -0.39 is 6.04 Å². The summed E-state index contributed by atoms with van der Waals surface area (Å²) in [5.74, 6) is 0.592. The first-order valence-electron chi connectivity index (χ1n) is 13.2. The highest BCUT2D eigenvalue weighted by atomic mass is 16.5. The minimum Gasteiger partial charge on any atom is -0.483 e. The van der Waals surface area contributed by atoms with E-state index in [0.717, 1.165) is 28.7 Å². The fraction of sp³-hybridized carbons (Fsp3) is 0.375. The number of ether oxygens (including phenoxy) is 1. The van der Waals surface area contributed by atoms with Gasteiger partial charge in [-0.1, -0.05) is 99.1 Å². The molecule has 0 spiro atoms. The van der Waals surface area contributed by atoms with Gasteiger partial charge in [-0.3, -0.25) is 9.59 Å². The zero-order chi connectivity index (χ0) is 26.8. The number of amides is 2. The van der Waals surface area contributed by atoms with Gasteiger partial charge in [0.1, 0.15) is 11.8 Å². The van der Waals surface area contributed by atoms with E-state index in [1.165, 1.54) is 0 Å². The first kappa shape index (κ1) is 28.0. The summed E-state index contributed by atoms with van der Waals surface area (Å²) in [6.07, 6.45) is 1.23. The zero-order valence-electron chi connectivity index (χ0n) is 22.7. The summed E-state index contributed by atoms with van der Waals surface area (Å²) in [6.45, 7) is 10.4. The van der Waals surface area contributed by atoms with Gasteiger partial charge in [0.2, 0.25) is 5.91 Å². The molecule has 1 N–H and O–H groups in total. The summed E-state index contributed by atoms with van der Waals surface area (Å²) in [6, 6.07) is 25.0. The Morgan fingerprint density at radius 3 is 2.24 bits per heavy atom. The third-order valence-corrected chi connectivity index (χ3v) is 6.60. The van der Waals surface area contributed by atoms with Gasteiger partial charge in [-0.25, -0.2) is 0 Å². The molecule has 3 rings (SSSR count). The van der Waals surface area contributed by atoms with E-state index in [9.17, 15) is 9.59 Å². The van der Waals surface area contributed by atoms with Crippen molar-refractivity contribution >= 4 is 11.8 Å². The highest BCUT2D eigenvalue weighted by Crippen LogP contribution is 2.26. The van der Waals surface area contributed by atoms with Gasteiger partial charge in [0, 0.05) is 19.0 Å². The summed E-state index contributed by atoms with van der Waals surface area (Å²) < 4.78 is 6.06. The Labute approximate surface area is 221 Å². The van der Waals surface area contributed by atoms with Crippen LogP contribution in [0.3, 0.4) is 0 Å². The van der Waals surface area contributed by atoms with Gasteiger partial charge in [-0.05, 0) is 48.9 Å². The number of nitrogens with zero attached hydrogens (tertiary/aromatic N) is 1.